The number of thioether (sulfide) groups is 1. The number of anilines is 1. The first-order valence-electron chi connectivity index (χ1n) is 6.65. The molecule has 0 atom stereocenters. The highest BCUT2D eigenvalue weighted by molar-refractivity contribution is 8.14. The van der Waals surface area contributed by atoms with Crippen LogP contribution in [0.3, 0.4) is 0 Å². The van der Waals surface area contributed by atoms with Crippen molar-refractivity contribution < 1.29 is 0 Å². The van der Waals surface area contributed by atoms with E-state index in [1.165, 1.54) is 16.8 Å². The molecule has 0 radical (unpaired) electrons. The summed E-state index contributed by atoms with van der Waals surface area (Å²) in [6.45, 7) is 8.72. The van der Waals surface area contributed by atoms with Gasteiger partial charge in [0.25, 0.3) is 0 Å². The number of hydrogen-bond acceptors (Lipinski definition) is 3. The van der Waals surface area contributed by atoms with E-state index < -0.39 is 0 Å². The molecule has 0 unspecified atom stereocenters. The molecule has 3 heteroatoms. The lowest BCUT2D eigenvalue weighted by molar-refractivity contribution is 0.456. The highest BCUT2D eigenvalue weighted by Crippen LogP contribution is 2.34. The zero-order valence-electron chi connectivity index (χ0n) is 11.7. The van der Waals surface area contributed by atoms with Gasteiger partial charge in [-0.1, -0.05) is 37.7 Å². The van der Waals surface area contributed by atoms with Gasteiger partial charge in [-0.25, -0.2) is 0 Å². The van der Waals surface area contributed by atoms with Crippen LogP contribution in [0.5, 0.6) is 0 Å². The first-order valence-corrected chi connectivity index (χ1v) is 7.64. The summed E-state index contributed by atoms with van der Waals surface area (Å²) < 4.78 is 0. The maximum atomic E-state index is 4.89. The molecule has 1 aliphatic heterocycles. The van der Waals surface area contributed by atoms with Crippen LogP contribution in [0.25, 0.3) is 0 Å². The van der Waals surface area contributed by atoms with Crippen molar-refractivity contribution in [3.05, 3.63) is 29.3 Å². The molecule has 2 rings (SSSR count). The SMILES string of the molecule is CCC1(CC)CSC(Nc2cc(C)ccc2C)=N1. The molecule has 1 aromatic rings. The summed E-state index contributed by atoms with van der Waals surface area (Å²) in [5, 5.41) is 4.56. The third kappa shape index (κ3) is 2.72. The van der Waals surface area contributed by atoms with Crippen molar-refractivity contribution in [1.82, 2.24) is 0 Å². The standard InChI is InChI=1S/C15H22N2S/c1-5-15(6-2)10-18-14(17-15)16-13-9-11(3)7-8-12(13)4/h7-9H,5-6,10H2,1-4H3,(H,16,17). The number of nitrogens with zero attached hydrogens (tertiary/aromatic N) is 1. The first-order chi connectivity index (χ1) is 8.58. The van der Waals surface area contributed by atoms with Crippen molar-refractivity contribution >= 4 is 22.6 Å². The lowest BCUT2D eigenvalue weighted by atomic mass is 9.97. The predicted molar refractivity (Wildman–Crippen MR) is 82.7 cm³/mol. The lowest BCUT2D eigenvalue weighted by Gasteiger charge is -2.20. The molecule has 0 saturated heterocycles. The Kier molecular flexibility index (Phi) is 4.00. The van der Waals surface area contributed by atoms with Crippen LogP contribution in [0.1, 0.15) is 37.8 Å². The van der Waals surface area contributed by atoms with E-state index >= 15 is 0 Å². The molecule has 18 heavy (non-hydrogen) atoms. The van der Waals surface area contributed by atoms with E-state index in [-0.39, 0.29) is 5.54 Å². The fraction of sp³-hybridized carbons (Fsp3) is 0.533. The van der Waals surface area contributed by atoms with Crippen LogP contribution in [0.2, 0.25) is 0 Å². The molecule has 1 heterocycles. The average Bonchev–Trinajstić information content (AvgIpc) is 2.78. The Morgan fingerprint density at radius 1 is 1.28 bits per heavy atom. The van der Waals surface area contributed by atoms with Crippen molar-refractivity contribution in [2.24, 2.45) is 4.99 Å². The molecule has 1 N–H and O–H groups in total. The lowest BCUT2D eigenvalue weighted by Crippen LogP contribution is -2.24. The number of nitrogens with one attached hydrogen (secondary N) is 1. The molecule has 0 bridgehead atoms. The van der Waals surface area contributed by atoms with Crippen LogP contribution in [0, 0.1) is 13.8 Å². The monoisotopic (exact) mass is 262 g/mol. The number of aryl methyl sites for hydroxylation is 2. The Hall–Kier alpha value is -0.960. The zero-order valence-corrected chi connectivity index (χ0v) is 12.5. The van der Waals surface area contributed by atoms with Crippen molar-refractivity contribution in [1.29, 1.82) is 0 Å². The molecule has 98 valence electrons. The van der Waals surface area contributed by atoms with E-state index in [4.69, 9.17) is 4.99 Å². The van der Waals surface area contributed by atoms with E-state index in [1.807, 2.05) is 11.8 Å². The summed E-state index contributed by atoms with van der Waals surface area (Å²) in [5.74, 6) is 1.10. The maximum Gasteiger partial charge on any atom is 0.161 e. The predicted octanol–water partition coefficient (Wildman–Crippen LogP) is 4.38. The van der Waals surface area contributed by atoms with Crippen molar-refractivity contribution in [2.75, 3.05) is 11.1 Å². The van der Waals surface area contributed by atoms with Gasteiger partial charge >= 0.3 is 0 Å². The topological polar surface area (TPSA) is 24.4 Å². The largest absolute Gasteiger partial charge is 0.335 e. The highest BCUT2D eigenvalue weighted by Gasteiger charge is 2.32. The Balaban J connectivity index is 2.18. The maximum absolute atomic E-state index is 4.89. The molecule has 1 aromatic carbocycles. The Morgan fingerprint density at radius 3 is 2.61 bits per heavy atom. The van der Waals surface area contributed by atoms with Crippen LogP contribution in [0.15, 0.2) is 23.2 Å². The van der Waals surface area contributed by atoms with Gasteiger partial charge in [-0.15, -0.1) is 0 Å². The fourth-order valence-corrected chi connectivity index (χ4v) is 3.46. The quantitative estimate of drug-likeness (QED) is 0.874. The number of aliphatic imine (C=N–C) groups is 1. The van der Waals surface area contributed by atoms with Gasteiger partial charge in [-0.3, -0.25) is 4.99 Å². The van der Waals surface area contributed by atoms with Gasteiger partial charge < -0.3 is 5.32 Å². The van der Waals surface area contributed by atoms with E-state index in [0.29, 0.717) is 0 Å². The molecule has 0 aliphatic carbocycles. The van der Waals surface area contributed by atoms with E-state index in [9.17, 15) is 0 Å². The van der Waals surface area contributed by atoms with Crippen molar-refractivity contribution in [3.63, 3.8) is 0 Å². The molecule has 1 aliphatic rings. The number of rotatable bonds is 3. The summed E-state index contributed by atoms with van der Waals surface area (Å²) in [4.78, 5) is 4.89. The third-order valence-electron chi connectivity index (χ3n) is 3.77. The van der Waals surface area contributed by atoms with Gasteiger partial charge in [-0.05, 0) is 43.9 Å². The molecule has 0 aromatic heterocycles. The summed E-state index contributed by atoms with van der Waals surface area (Å²) in [6.07, 6.45) is 2.24. The summed E-state index contributed by atoms with van der Waals surface area (Å²) in [5.41, 5.74) is 3.90. The normalized spacial score (nSPS) is 17.7. The van der Waals surface area contributed by atoms with Crippen molar-refractivity contribution in [2.45, 2.75) is 46.1 Å². The van der Waals surface area contributed by atoms with Crippen LogP contribution in [-0.4, -0.2) is 16.5 Å². The van der Waals surface area contributed by atoms with Crippen LogP contribution >= 0.6 is 11.8 Å². The van der Waals surface area contributed by atoms with E-state index in [0.717, 1.165) is 23.8 Å². The summed E-state index contributed by atoms with van der Waals surface area (Å²) in [6, 6.07) is 6.49. The second-order valence-corrected chi connectivity index (χ2v) is 6.04. The van der Waals surface area contributed by atoms with E-state index in [2.05, 4.69) is 51.2 Å². The minimum atomic E-state index is 0.157. The summed E-state index contributed by atoms with van der Waals surface area (Å²) in [7, 11) is 0. The second-order valence-electron chi connectivity index (χ2n) is 5.08. The second kappa shape index (κ2) is 5.35. The molecule has 0 saturated carbocycles. The number of hydrogen-bond donors (Lipinski definition) is 1. The molecular weight excluding hydrogens is 240 g/mol. The molecule has 0 fully saturated rings. The first kappa shape index (κ1) is 13.5. The molecule has 2 nitrogen and oxygen atoms in total. The molecule has 0 spiro atoms. The van der Waals surface area contributed by atoms with Crippen molar-refractivity contribution in [3.8, 4) is 0 Å². The van der Waals surface area contributed by atoms with Crippen LogP contribution in [0.4, 0.5) is 5.69 Å². The van der Waals surface area contributed by atoms with Gasteiger partial charge in [0.2, 0.25) is 0 Å². The van der Waals surface area contributed by atoms with Gasteiger partial charge in [0.15, 0.2) is 5.17 Å². The van der Waals surface area contributed by atoms with Gasteiger partial charge in [0.1, 0.15) is 0 Å². The summed E-state index contributed by atoms with van der Waals surface area (Å²) >= 11 is 1.85. The number of amidine groups is 1. The molecular formula is C15H22N2S. The minimum absolute atomic E-state index is 0.157. The van der Waals surface area contributed by atoms with Gasteiger partial charge in [-0.2, -0.15) is 0 Å². The fourth-order valence-electron chi connectivity index (χ4n) is 2.14. The minimum Gasteiger partial charge on any atom is -0.335 e. The van der Waals surface area contributed by atoms with E-state index in [1.54, 1.807) is 0 Å². The molecule has 0 amide bonds. The number of benzene rings is 1. The van der Waals surface area contributed by atoms with Crippen LogP contribution < -0.4 is 5.32 Å². The van der Waals surface area contributed by atoms with Crippen LogP contribution in [-0.2, 0) is 0 Å². The van der Waals surface area contributed by atoms with Gasteiger partial charge in [0, 0.05) is 11.4 Å². The van der Waals surface area contributed by atoms with Gasteiger partial charge in [0.05, 0.1) is 5.54 Å². The Labute approximate surface area is 114 Å². The average molecular weight is 262 g/mol. The Bertz CT molecular complexity index is 462. The highest BCUT2D eigenvalue weighted by atomic mass is 32.2. The Morgan fingerprint density at radius 2 is 2.00 bits per heavy atom. The zero-order chi connectivity index (χ0) is 13.2. The third-order valence-corrected chi connectivity index (χ3v) is 4.92. The smallest absolute Gasteiger partial charge is 0.161 e.